The highest BCUT2D eigenvalue weighted by atomic mass is 16.3. The topological polar surface area (TPSA) is 32.7 Å². The van der Waals surface area contributed by atoms with Gasteiger partial charge in [0.05, 0.1) is 6.54 Å². The molecule has 0 radical (unpaired) electrons. The van der Waals surface area contributed by atoms with Crippen LogP contribution in [0, 0.1) is 16.7 Å². The van der Waals surface area contributed by atoms with Gasteiger partial charge in [-0.05, 0) is 50.8 Å². The second-order valence-corrected chi connectivity index (χ2v) is 6.24. The van der Waals surface area contributed by atoms with E-state index in [-0.39, 0.29) is 0 Å². The molecule has 0 saturated heterocycles. The second kappa shape index (κ2) is 7.53. The van der Waals surface area contributed by atoms with Crippen molar-refractivity contribution in [1.29, 1.82) is 0 Å². The van der Waals surface area contributed by atoms with Crippen molar-refractivity contribution < 1.29 is 0 Å². The van der Waals surface area contributed by atoms with E-state index in [0.29, 0.717) is 18.5 Å². The fraction of sp³-hybridized carbons (Fsp3) is 0.647. The molecule has 2 rings (SSSR count). The monoisotopic (exact) mass is 274 g/mol. The van der Waals surface area contributed by atoms with E-state index in [1.54, 1.807) is 0 Å². The molecular weight excluding hydrogens is 248 g/mol. The highest BCUT2D eigenvalue weighted by Crippen LogP contribution is 2.40. The van der Waals surface area contributed by atoms with E-state index < -0.39 is 0 Å². The second-order valence-electron chi connectivity index (χ2n) is 6.24. The molecule has 20 heavy (non-hydrogen) atoms. The lowest BCUT2D eigenvalue weighted by atomic mass is 9.75. The summed E-state index contributed by atoms with van der Waals surface area (Å²) in [5.41, 5.74) is 1.43. The Morgan fingerprint density at radius 2 is 1.80 bits per heavy atom. The van der Waals surface area contributed by atoms with E-state index in [4.69, 9.17) is 0 Å². The molecular formula is C17H26N2O. The van der Waals surface area contributed by atoms with Crippen molar-refractivity contribution in [2.45, 2.75) is 38.1 Å². The number of hydrogen-bond donors (Lipinski definition) is 0. The average Bonchev–Trinajstić information content (AvgIpc) is 2.47. The Balaban J connectivity index is 1.97. The zero-order valence-electron chi connectivity index (χ0n) is 12.7. The largest absolute Gasteiger partial charge is 0.302 e. The van der Waals surface area contributed by atoms with E-state index in [1.807, 2.05) is 0 Å². The average molecular weight is 274 g/mol. The van der Waals surface area contributed by atoms with Gasteiger partial charge in [0.2, 0.25) is 0 Å². The number of benzene rings is 1. The van der Waals surface area contributed by atoms with Crippen LogP contribution >= 0.6 is 0 Å². The van der Waals surface area contributed by atoms with Crippen LogP contribution in [0.5, 0.6) is 0 Å². The van der Waals surface area contributed by atoms with E-state index in [0.717, 1.165) is 12.3 Å². The minimum atomic E-state index is 0.491. The lowest BCUT2D eigenvalue weighted by Gasteiger charge is -2.37. The first-order valence-electron chi connectivity index (χ1n) is 7.73. The zero-order chi connectivity index (χ0) is 14.4. The summed E-state index contributed by atoms with van der Waals surface area (Å²) >= 11 is 0. The predicted molar refractivity (Wildman–Crippen MR) is 83.6 cm³/mol. The summed E-state index contributed by atoms with van der Waals surface area (Å²) in [5, 5.41) is 3.00. The number of rotatable bonds is 6. The van der Waals surface area contributed by atoms with Crippen LogP contribution in [0.2, 0.25) is 0 Å². The van der Waals surface area contributed by atoms with Crippen LogP contribution in [0.4, 0.5) is 0 Å². The summed E-state index contributed by atoms with van der Waals surface area (Å²) in [5.74, 6) is 1.44. The Bertz CT molecular complexity index is 397. The van der Waals surface area contributed by atoms with Crippen LogP contribution in [0.25, 0.3) is 0 Å². The van der Waals surface area contributed by atoms with Crippen molar-refractivity contribution in [3.8, 4) is 0 Å². The lowest BCUT2D eigenvalue weighted by molar-refractivity contribution is 0.147. The van der Waals surface area contributed by atoms with Gasteiger partial charge in [0.25, 0.3) is 0 Å². The smallest absolute Gasteiger partial charge is 0.0813 e. The van der Waals surface area contributed by atoms with Gasteiger partial charge in [-0.15, -0.1) is 0 Å². The van der Waals surface area contributed by atoms with Gasteiger partial charge in [-0.3, -0.25) is 0 Å². The molecule has 0 aromatic heterocycles. The molecule has 1 aromatic rings. The third-order valence-electron chi connectivity index (χ3n) is 4.66. The van der Waals surface area contributed by atoms with Gasteiger partial charge in [-0.1, -0.05) is 48.4 Å². The summed E-state index contributed by atoms with van der Waals surface area (Å²) in [6, 6.07) is 11.3. The maximum atomic E-state index is 10.2. The molecule has 1 unspecified atom stereocenters. The number of hydrogen-bond acceptors (Lipinski definition) is 3. The van der Waals surface area contributed by atoms with Gasteiger partial charge in [0.15, 0.2) is 0 Å². The number of nitroso groups, excluding NO2 is 1. The first-order valence-corrected chi connectivity index (χ1v) is 7.73. The van der Waals surface area contributed by atoms with Crippen molar-refractivity contribution >= 4 is 0 Å². The highest BCUT2D eigenvalue weighted by molar-refractivity contribution is 5.20. The third kappa shape index (κ3) is 3.89. The Kier molecular flexibility index (Phi) is 5.72. The number of nitrogens with zero attached hydrogens (tertiary/aromatic N) is 2. The van der Waals surface area contributed by atoms with Crippen LogP contribution in [0.15, 0.2) is 35.5 Å². The minimum absolute atomic E-state index is 0.491. The molecule has 0 amide bonds. The summed E-state index contributed by atoms with van der Waals surface area (Å²) in [4.78, 5) is 12.6. The van der Waals surface area contributed by atoms with Crippen molar-refractivity contribution in [1.82, 2.24) is 4.90 Å². The summed E-state index contributed by atoms with van der Waals surface area (Å²) in [7, 11) is 4.36. The van der Waals surface area contributed by atoms with E-state index >= 15 is 0 Å². The third-order valence-corrected chi connectivity index (χ3v) is 4.66. The van der Waals surface area contributed by atoms with Crippen LogP contribution in [-0.4, -0.2) is 25.5 Å². The molecule has 1 aliphatic rings. The van der Waals surface area contributed by atoms with Gasteiger partial charge in [0.1, 0.15) is 0 Å². The van der Waals surface area contributed by atoms with Crippen LogP contribution in [0.3, 0.4) is 0 Å². The summed E-state index contributed by atoms with van der Waals surface area (Å²) in [6.45, 7) is 0.491. The molecule has 1 atom stereocenters. The molecule has 1 fully saturated rings. The van der Waals surface area contributed by atoms with Crippen molar-refractivity contribution in [2.75, 3.05) is 20.6 Å². The molecule has 0 bridgehead atoms. The van der Waals surface area contributed by atoms with Gasteiger partial charge in [0, 0.05) is 6.04 Å². The molecule has 1 aliphatic carbocycles. The lowest BCUT2D eigenvalue weighted by Crippen LogP contribution is -2.30. The molecule has 0 aliphatic heterocycles. The van der Waals surface area contributed by atoms with Gasteiger partial charge in [-0.2, -0.15) is 4.91 Å². The van der Waals surface area contributed by atoms with Gasteiger partial charge >= 0.3 is 0 Å². The first kappa shape index (κ1) is 15.2. The Morgan fingerprint density at radius 3 is 2.35 bits per heavy atom. The zero-order valence-corrected chi connectivity index (χ0v) is 12.7. The van der Waals surface area contributed by atoms with Crippen molar-refractivity contribution in [3.63, 3.8) is 0 Å². The predicted octanol–water partition coefficient (Wildman–Crippen LogP) is 4.25. The Hall–Kier alpha value is -1.22. The fourth-order valence-corrected chi connectivity index (χ4v) is 3.67. The molecule has 1 aromatic carbocycles. The SMILES string of the molecule is CN(C)C(c1ccccc1)C1CCC(CCN=O)CC1. The summed E-state index contributed by atoms with van der Waals surface area (Å²) in [6.07, 6.45) is 6.01. The Morgan fingerprint density at radius 1 is 1.15 bits per heavy atom. The minimum Gasteiger partial charge on any atom is -0.302 e. The first-order chi connectivity index (χ1) is 9.72. The van der Waals surface area contributed by atoms with E-state index in [2.05, 4.69) is 54.5 Å². The van der Waals surface area contributed by atoms with Gasteiger partial charge < -0.3 is 4.90 Å². The fourth-order valence-electron chi connectivity index (χ4n) is 3.67. The normalized spacial score (nSPS) is 24.6. The van der Waals surface area contributed by atoms with Crippen LogP contribution < -0.4 is 0 Å². The molecule has 3 heteroatoms. The molecule has 110 valence electrons. The molecule has 0 heterocycles. The van der Waals surface area contributed by atoms with Crippen LogP contribution in [0.1, 0.15) is 43.7 Å². The van der Waals surface area contributed by atoms with Crippen molar-refractivity contribution in [2.24, 2.45) is 17.0 Å². The quantitative estimate of drug-likeness (QED) is 0.726. The van der Waals surface area contributed by atoms with E-state index in [1.165, 1.54) is 31.2 Å². The molecule has 0 spiro atoms. The molecule has 0 N–H and O–H groups in total. The molecule has 3 nitrogen and oxygen atoms in total. The maximum absolute atomic E-state index is 10.2. The maximum Gasteiger partial charge on any atom is 0.0813 e. The van der Waals surface area contributed by atoms with Gasteiger partial charge in [-0.25, -0.2) is 0 Å². The van der Waals surface area contributed by atoms with Crippen molar-refractivity contribution in [3.05, 3.63) is 40.8 Å². The Labute approximate surface area is 122 Å². The summed E-state index contributed by atoms with van der Waals surface area (Å²) < 4.78 is 0. The highest BCUT2D eigenvalue weighted by Gasteiger charge is 2.29. The van der Waals surface area contributed by atoms with Crippen LogP contribution in [-0.2, 0) is 0 Å². The molecule has 1 saturated carbocycles. The standard InChI is InChI=1S/C17H26N2O/c1-19(2)17(15-6-4-3-5-7-15)16-10-8-14(9-11-16)12-13-18-20/h3-7,14,16-17H,8-13H2,1-2H3. The van der Waals surface area contributed by atoms with E-state index in [9.17, 15) is 4.91 Å².